The molecule has 0 aromatic rings. The minimum atomic E-state index is -0.323. The van der Waals surface area contributed by atoms with Crippen LogP contribution in [0, 0.1) is 0 Å². The van der Waals surface area contributed by atoms with E-state index in [-0.39, 0.29) is 11.6 Å². The largest absolute Gasteiger partial charge is 0.451 e. The molecule has 1 aliphatic rings. The summed E-state index contributed by atoms with van der Waals surface area (Å²) < 4.78 is 5.41. The lowest BCUT2D eigenvalue weighted by molar-refractivity contribution is -0.146. The highest BCUT2D eigenvalue weighted by Gasteiger charge is 2.38. The van der Waals surface area contributed by atoms with Crippen molar-refractivity contribution in [3.05, 3.63) is 11.1 Å². The lowest BCUT2D eigenvalue weighted by atomic mass is 9.90. The Labute approximate surface area is 86.3 Å². The molecule has 0 aromatic carbocycles. The van der Waals surface area contributed by atoms with Crippen LogP contribution in [-0.2, 0) is 9.53 Å². The minimum absolute atomic E-state index is 0.138. The van der Waals surface area contributed by atoms with Gasteiger partial charge in [0.15, 0.2) is 0 Å². The normalized spacial score (nSPS) is 27.0. The summed E-state index contributed by atoms with van der Waals surface area (Å²) in [6, 6.07) is 0. The molecule has 0 spiro atoms. The monoisotopic (exact) mass is 196 g/mol. The van der Waals surface area contributed by atoms with Gasteiger partial charge in [0.2, 0.25) is 0 Å². The third-order valence-electron chi connectivity index (χ3n) is 3.24. The summed E-state index contributed by atoms with van der Waals surface area (Å²) in [5.74, 6) is -0.138. The molecule has 0 radical (unpaired) electrons. The fraction of sp³-hybridized carbons (Fsp3) is 0.750. The molecule has 0 bridgehead atoms. The Morgan fingerprint density at radius 2 is 1.93 bits per heavy atom. The summed E-state index contributed by atoms with van der Waals surface area (Å²) in [6.07, 6.45) is 4.49. The molecule has 0 aliphatic carbocycles. The SMILES string of the molecule is CCCCC[C@@]1(C)OC(=O)C(C)=C1C. The molecule has 14 heavy (non-hydrogen) atoms. The predicted molar refractivity (Wildman–Crippen MR) is 57.0 cm³/mol. The number of ether oxygens (including phenoxy) is 1. The van der Waals surface area contributed by atoms with Crippen LogP contribution in [0.5, 0.6) is 0 Å². The van der Waals surface area contributed by atoms with Crippen LogP contribution in [-0.4, -0.2) is 11.6 Å². The first-order valence-corrected chi connectivity index (χ1v) is 5.42. The Morgan fingerprint density at radius 1 is 1.29 bits per heavy atom. The van der Waals surface area contributed by atoms with Crippen molar-refractivity contribution < 1.29 is 9.53 Å². The van der Waals surface area contributed by atoms with Crippen molar-refractivity contribution in [1.29, 1.82) is 0 Å². The van der Waals surface area contributed by atoms with Gasteiger partial charge >= 0.3 is 5.97 Å². The molecule has 80 valence electrons. The van der Waals surface area contributed by atoms with Gasteiger partial charge in [-0.25, -0.2) is 4.79 Å². The predicted octanol–water partition coefficient (Wildman–Crippen LogP) is 3.22. The van der Waals surface area contributed by atoms with Crippen molar-refractivity contribution in [2.45, 2.75) is 59.0 Å². The van der Waals surface area contributed by atoms with Gasteiger partial charge in [-0.3, -0.25) is 0 Å². The van der Waals surface area contributed by atoms with Gasteiger partial charge in [-0.2, -0.15) is 0 Å². The smallest absolute Gasteiger partial charge is 0.334 e. The lowest BCUT2D eigenvalue weighted by Gasteiger charge is -2.24. The van der Waals surface area contributed by atoms with E-state index in [0.717, 1.165) is 24.0 Å². The Hall–Kier alpha value is -0.790. The van der Waals surface area contributed by atoms with E-state index in [1.165, 1.54) is 12.8 Å². The maximum Gasteiger partial charge on any atom is 0.334 e. The first-order valence-electron chi connectivity index (χ1n) is 5.42. The fourth-order valence-corrected chi connectivity index (χ4v) is 1.86. The molecular weight excluding hydrogens is 176 g/mol. The topological polar surface area (TPSA) is 26.3 Å². The number of carbonyl (C=O) groups is 1. The maximum atomic E-state index is 11.4. The molecule has 0 fully saturated rings. The Bertz CT molecular complexity index is 265. The number of carbonyl (C=O) groups excluding carboxylic acids is 1. The quantitative estimate of drug-likeness (QED) is 0.509. The second-order valence-corrected chi connectivity index (χ2v) is 4.33. The summed E-state index contributed by atoms with van der Waals surface area (Å²) in [5.41, 5.74) is 1.58. The van der Waals surface area contributed by atoms with E-state index in [1.54, 1.807) is 0 Å². The zero-order valence-electron chi connectivity index (χ0n) is 9.64. The standard InChI is InChI=1S/C12H20O2/c1-5-6-7-8-12(4)10(3)9(2)11(13)14-12/h5-8H2,1-4H3/t12-/m1/s1. The van der Waals surface area contributed by atoms with Crippen molar-refractivity contribution in [2.75, 3.05) is 0 Å². The average Bonchev–Trinajstić information content (AvgIpc) is 2.32. The number of unbranched alkanes of at least 4 members (excludes halogenated alkanes) is 2. The van der Waals surface area contributed by atoms with E-state index in [2.05, 4.69) is 6.92 Å². The molecule has 0 amide bonds. The summed E-state index contributed by atoms with van der Waals surface area (Å²) >= 11 is 0. The van der Waals surface area contributed by atoms with Gasteiger partial charge in [-0.1, -0.05) is 19.8 Å². The second kappa shape index (κ2) is 4.16. The van der Waals surface area contributed by atoms with E-state index in [9.17, 15) is 4.79 Å². The van der Waals surface area contributed by atoms with Gasteiger partial charge in [0.05, 0.1) is 0 Å². The molecule has 1 heterocycles. The van der Waals surface area contributed by atoms with Crippen LogP contribution in [0.25, 0.3) is 0 Å². The molecule has 0 saturated heterocycles. The van der Waals surface area contributed by atoms with Crippen LogP contribution in [0.3, 0.4) is 0 Å². The van der Waals surface area contributed by atoms with Crippen LogP contribution in [0.15, 0.2) is 11.1 Å². The van der Waals surface area contributed by atoms with Crippen molar-refractivity contribution in [1.82, 2.24) is 0 Å². The first-order chi connectivity index (χ1) is 6.51. The average molecular weight is 196 g/mol. The summed E-state index contributed by atoms with van der Waals surface area (Å²) in [6.45, 7) is 8.05. The van der Waals surface area contributed by atoms with Gasteiger partial charge in [0.1, 0.15) is 5.60 Å². The van der Waals surface area contributed by atoms with Gasteiger partial charge < -0.3 is 4.74 Å². The maximum absolute atomic E-state index is 11.4. The molecular formula is C12H20O2. The number of hydrogen-bond donors (Lipinski definition) is 0. The van der Waals surface area contributed by atoms with E-state index >= 15 is 0 Å². The van der Waals surface area contributed by atoms with E-state index in [0.29, 0.717) is 0 Å². The molecule has 0 aromatic heterocycles. The molecule has 1 atom stereocenters. The molecule has 2 heteroatoms. The first kappa shape index (κ1) is 11.3. The number of hydrogen-bond acceptors (Lipinski definition) is 2. The molecule has 0 unspecified atom stereocenters. The van der Waals surface area contributed by atoms with Crippen LogP contribution >= 0.6 is 0 Å². The lowest BCUT2D eigenvalue weighted by Crippen LogP contribution is -2.26. The molecule has 0 N–H and O–H groups in total. The van der Waals surface area contributed by atoms with Crippen molar-refractivity contribution in [3.8, 4) is 0 Å². The highest BCUT2D eigenvalue weighted by atomic mass is 16.6. The molecule has 2 nitrogen and oxygen atoms in total. The summed E-state index contributed by atoms with van der Waals surface area (Å²) in [5, 5.41) is 0. The van der Waals surface area contributed by atoms with Crippen molar-refractivity contribution in [3.63, 3.8) is 0 Å². The number of rotatable bonds is 4. The zero-order valence-corrected chi connectivity index (χ0v) is 9.64. The summed E-state index contributed by atoms with van der Waals surface area (Å²) in [7, 11) is 0. The minimum Gasteiger partial charge on any atom is -0.451 e. The number of cyclic esters (lactones) is 1. The van der Waals surface area contributed by atoms with E-state index in [1.807, 2.05) is 20.8 Å². The van der Waals surface area contributed by atoms with Gasteiger partial charge in [-0.05, 0) is 39.2 Å². The van der Waals surface area contributed by atoms with Gasteiger partial charge in [0.25, 0.3) is 0 Å². The van der Waals surface area contributed by atoms with Crippen molar-refractivity contribution in [2.24, 2.45) is 0 Å². The zero-order chi connectivity index (χ0) is 10.8. The van der Waals surface area contributed by atoms with E-state index in [4.69, 9.17) is 4.74 Å². The molecule has 1 aliphatic heterocycles. The third-order valence-corrected chi connectivity index (χ3v) is 3.24. The Morgan fingerprint density at radius 3 is 2.36 bits per heavy atom. The Balaban J connectivity index is 2.63. The molecule has 0 saturated carbocycles. The third kappa shape index (κ3) is 1.99. The second-order valence-electron chi connectivity index (χ2n) is 4.33. The van der Waals surface area contributed by atoms with Crippen LogP contribution < -0.4 is 0 Å². The molecule has 1 rings (SSSR count). The van der Waals surface area contributed by atoms with Gasteiger partial charge in [-0.15, -0.1) is 0 Å². The fourth-order valence-electron chi connectivity index (χ4n) is 1.86. The summed E-state index contributed by atoms with van der Waals surface area (Å²) in [4.78, 5) is 11.4. The van der Waals surface area contributed by atoms with Gasteiger partial charge in [0, 0.05) is 5.57 Å². The van der Waals surface area contributed by atoms with E-state index < -0.39 is 0 Å². The van der Waals surface area contributed by atoms with Crippen LogP contribution in [0.4, 0.5) is 0 Å². The van der Waals surface area contributed by atoms with Crippen molar-refractivity contribution >= 4 is 5.97 Å². The highest BCUT2D eigenvalue weighted by Crippen LogP contribution is 2.36. The number of esters is 1. The Kier molecular flexibility index (Phi) is 3.35. The van der Waals surface area contributed by atoms with Crippen LogP contribution in [0.2, 0.25) is 0 Å². The highest BCUT2D eigenvalue weighted by molar-refractivity contribution is 5.92. The van der Waals surface area contributed by atoms with Crippen LogP contribution in [0.1, 0.15) is 53.4 Å².